The molecule has 0 radical (unpaired) electrons. The molecule has 0 saturated carbocycles. The third kappa shape index (κ3) is 5.76. The second kappa shape index (κ2) is 10.00. The van der Waals surface area contributed by atoms with Crippen LogP contribution in [-0.2, 0) is 47.2 Å². The van der Waals surface area contributed by atoms with Crippen molar-refractivity contribution >= 4 is 0 Å². The second-order valence-corrected chi connectivity index (χ2v) is 7.80. The Kier molecular flexibility index (Phi) is 7.41. The number of rotatable bonds is 9. The summed E-state index contributed by atoms with van der Waals surface area (Å²) in [6.07, 6.45) is 4.27. The van der Waals surface area contributed by atoms with Crippen LogP contribution < -0.4 is 0 Å². The van der Waals surface area contributed by atoms with Gasteiger partial charge in [0.2, 0.25) is 0 Å². The Labute approximate surface area is 172 Å². The van der Waals surface area contributed by atoms with Gasteiger partial charge in [0, 0.05) is 0 Å². The predicted molar refractivity (Wildman–Crippen MR) is 103 cm³/mol. The maximum absolute atomic E-state index is 5.60. The van der Waals surface area contributed by atoms with E-state index in [1.165, 1.54) is 16.7 Å². The first-order valence-electron chi connectivity index (χ1n) is 9.20. The van der Waals surface area contributed by atoms with Crippen molar-refractivity contribution in [1.82, 2.24) is 0 Å². The number of hydrogen-bond donors (Lipinski definition) is 0. The molecule has 0 N–H and O–H groups in total. The fourth-order valence-electron chi connectivity index (χ4n) is 3.81. The van der Waals surface area contributed by atoms with Crippen LogP contribution in [0.4, 0.5) is 0 Å². The van der Waals surface area contributed by atoms with Gasteiger partial charge in [-0.1, -0.05) is 0 Å². The summed E-state index contributed by atoms with van der Waals surface area (Å²) in [7, 11) is 0. The molecule has 0 heterocycles. The Morgan fingerprint density at radius 2 is 0.923 bits per heavy atom. The minimum atomic E-state index is 0.153. The fraction of sp³-hybridized carbons (Fsp3) is 0.250. The first-order chi connectivity index (χ1) is 12.8. The van der Waals surface area contributed by atoms with Crippen molar-refractivity contribution in [3.63, 3.8) is 0 Å². The van der Waals surface area contributed by atoms with Gasteiger partial charge in [0.25, 0.3) is 0 Å². The monoisotopic (exact) mass is 419 g/mol. The second-order valence-electron chi connectivity index (χ2n) is 7.09. The van der Waals surface area contributed by atoms with Crippen LogP contribution in [0.2, 0.25) is 0 Å². The number of hydrogen-bond acceptors (Lipinski definition) is 1. The van der Waals surface area contributed by atoms with Crippen molar-refractivity contribution in [2.45, 2.75) is 25.7 Å². The molecule has 0 bridgehead atoms. The normalized spacial score (nSPS) is 11.3. The van der Waals surface area contributed by atoms with E-state index in [4.69, 9.17) is 2.81 Å². The van der Waals surface area contributed by atoms with Crippen LogP contribution in [0.5, 0.6) is 0 Å². The molecule has 0 unspecified atom stereocenters. The minimum absolute atomic E-state index is 0.153. The van der Waals surface area contributed by atoms with E-state index in [1.807, 2.05) is 0 Å². The molecule has 0 saturated heterocycles. The van der Waals surface area contributed by atoms with Crippen molar-refractivity contribution in [2.24, 2.45) is 5.41 Å². The zero-order chi connectivity index (χ0) is 18.1. The molecule has 3 aromatic rings. The van der Waals surface area contributed by atoms with Crippen molar-refractivity contribution in [2.75, 3.05) is 6.61 Å². The van der Waals surface area contributed by atoms with Crippen molar-refractivity contribution in [3.8, 4) is 0 Å². The Morgan fingerprint density at radius 3 is 1.23 bits per heavy atom. The molecule has 0 amide bonds. The van der Waals surface area contributed by atoms with Crippen LogP contribution in [0.1, 0.15) is 23.1 Å². The standard InChI is InChI=1S/C24H25O.Zr/c25-17-16-24(18-21-10-4-1-5-11-21,19-22-12-6-2-7-13-22)20-23-14-8-3-9-15-23;/h1-15H,16-20H2;/q-1;+1. The van der Waals surface area contributed by atoms with Gasteiger partial charge in [0.1, 0.15) is 0 Å². The van der Waals surface area contributed by atoms with E-state index in [-0.39, 0.29) is 5.41 Å². The van der Waals surface area contributed by atoms with E-state index >= 15 is 0 Å². The van der Waals surface area contributed by atoms with Crippen LogP contribution in [0.15, 0.2) is 91.0 Å². The molecule has 0 aromatic heterocycles. The van der Waals surface area contributed by atoms with Crippen molar-refractivity contribution in [3.05, 3.63) is 108 Å². The van der Waals surface area contributed by atoms with E-state index in [0.29, 0.717) is 0 Å². The van der Waals surface area contributed by atoms with Gasteiger partial charge in [-0.25, -0.2) is 0 Å². The van der Waals surface area contributed by atoms with Crippen LogP contribution in [-0.4, -0.2) is 6.61 Å². The molecule has 131 valence electrons. The molecule has 0 fully saturated rings. The third-order valence-electron chi connectivity index (χ3n) is 5.00. The SMILES string of the molecule is [Zr][O]CCC(Cc1ccccc1)(Cc1ccccc1)Cc1ccccc1. The molecule has 0 atom stereocenters. The molecule has 3 rings (SSSR count). The van der Waals surface area contributed by atoms with Crippen LogP contribution in [0.25, 0.3) is 0 Å². The van der Waals surface area contributed by atoms with Gasteiger partial charge in [-0.2, -0.15) is 0 Å². The summed E-state index contributed by atoms with van der Waals surface area (Å²) >= 11 is 1.15. The molecule has 3 aromatic carbocycles. The Balaban J connectivity index is 1.94. The number of benzene rings is 3. The summed E-state index contributed by atoms with van der Waals surface area (Å²) in [6.45, 7) is 0.824. The van der Waals surface area contributed by atoms with E-state index < -0.39 is 0 Å². The summed E-state index contributed by atoms with van der Waals surface area (Å²) in [5.74, 6) is 0. The first kappa shape index (κ1) is 19.3. The van der Waals surface area contributed by atoms with Crippen LogP contribution in [0, 0.1) is 5.41 Å². The third-order valence-corrected chi connectivity index (χ3v) is 5.50. The maximum atomic E-state index is 5.60. The molecule has 0 aliphatic carbocycles. The molecule has 2 heteroatoms. The summed E-state index contributed by atoms with van der Waals surface area (Å²) in [5, 5.41) is 0. The summed E-state index contributed by atoms with van der Waals surface area (Å²) in [4.78, 5) is 0. The summed E-state index contributed by atoms with van der Waals surface area (Å²) in [6, 6.07) is 32.7. The average molecular weight is 421 g/mol. The van der Waals surface area contributed by atoms with Crippen molar-refractivity contribution < 1.29 is 28.0 Å². The molecular formula is C24H25OZr. The fourth-order valence-corrected chi connectivity index (χ4v) is 4.06. The van der Waals surface area contributed by atoms with Gasteiger partial charge in [-0.3, -0.25) is 0 Å². The van der Waals surface area contributed by atoms with E-state index in [1.54, 1.807) is 0 Å². The molecule has 26 heavy (non-hydrogen) atoms. The first-order valence-corrected chi connectivity index (χ1v) is 10.2. The van der Waals surface area contributed by atoms with E-state index in [0.717, 1.165) is 57.4 Å². The van der Waals surface area contributed by atoms with Crippen LogP contribution in [0.3, 0.4) is 0 Å². The summed E-state index contributed by atoms with van der Waals surface area (Å²) in [5.41, 5.74) is 4.37. The van der Waals surface area contributed by atoms with E-state index in [9.17, 15) is 0 Å². The molecular weight excluding hydrogens is 395 g/mol. The zero-order valence-corrected chi connectivity index (χ0v) is 17.6. The van der Waals surface area contributed by atoms with Crippen molar-refractivity contribution in [1.29, 1.82) is 0 Å². The van der Waals surface area contributed by atoms with Gasteiger partial charge in [-0.05, 0) is 0 Å². The Bertz CT molecular complexity index is 655. The van der Waals surface area contributed by atoms with Gasteiger partial charge in [0.15, 0.2) is 0 Å². The average Bonchev–Trinajstić information content (AvgIpc) is 2.69. The Hall–Kier alpha value is -1.50. The van der Waals surface area contributed by atoms with Gasteiger partial charge >= 0.3 is 173 Å². The van der Waals surface area contributed by atoms with Gasteiger partial charge in [-0.15, -0.1) is 0 Å². The molecule has 1 nitrogen and oxygen atoms in total. The quantitative estimate of drug-likeness (QED) is 0.440. The topological polar surface area (TPSA) is 9.23 Å². The van der Waals surface area contributed by atoms with Gasteiger partial charge < -0.3 is 0 Å². The summed E-state index contributed by atoms with van der Waals surface area (Å²) < 4.78 is 5.60. The van der Waals surface area contributed by atoms with E-state index in [2.05, 4.69) is 91.0 Å². The van der Waals surface area contributed by atoms with Crippen LogP contribution >= 0.6 is 0 Å². The zero-order valence-electron chi connectivity index (χ0n) is 15.1. The predicted octanol–water partition coefficient (Wildman–Crippen LogP) is 5.57. The molecule has 0 aliphatic heterocycles. The molecule has 0 spiro atoms. The van der Waals surface area contributed by atoms with Gasteiger partial charge in [0.05, 0.1) is 0 Å². The molecule has 0 aliphatic rings. The Morgan fingerprint density at radius 1 is 0.577 bits per heavy atom.